The maximum Gasteiger partial charge on any atom is 0.101 e. The number of nitrogens with zero attached hydrogens (tertiary/aromatic N) is 5. The summed E-state index contributed by atoms with van der Waals surface area (Å²) in [4.78, 5) is 0. The Labute approximate surface area is 287 Å². The number of benzene rings is 7. The van der Waals surface area contributed by atoms with E-state index in [1.807, 2.05) is 78.9 Å². The molecule has 0 aliphatic heterocycles. The van der Waals surface area contributed by atoms with Crippen molar-refractivity contribution >= 4 is 43.6 Å². The van der Waals surface area contributed by atoms with Gasteiger partial charge < -0.3 is 9.13 Å². The Morgan fingerprint density at radius 2 is 1.04 bits per heavy atom. The summed E-state index contributed by atoms with van der Waals surface area (Å²) in [7, 11) is 0. The average Bonchev–Trinajstić information content (AvgIpc) is 3.70. The van der Waals surface area contributed by atoms with Crippen molar-refractivity contribution in [1.29, 1.82) is 15.8 Å². The van der Waals surface area contributed by atoms with E-state index in [4.69, 9.17) is 0 Å². The number of hydrogen-bond acceptors (Lipinski definition) is 3. The number of fused-ring (bicyclic) bond motifs is 6. The lowest BCUT2D eigenvalue weighted by molar-refractivity contribution is 1.18. The molecule has 5 heteroatoms. The molecule has 0 atom stereocenters. The van der Waals surface area contributed by atoms with Gasteiger partial charge in [-0.3, -0.25) is 0 Å². The Bertz CT molecular complexity index is 2960. The van der Waals surface area contributed by atoms with Gasteiger partial charge in [-0.1, -0.05) is 91.0 Å². The molecule has 9 rings (SSSR count). The zero-order chi connectivity index (χ0) is 33.8. The van der Waals surface area contributed by atoms with Crippen molar-refractivity contribution in [2.24, 2.45) is 0 Å². The van der Waals surface area contributed by atoms with Gasteiger partial charge in [-0.15, -0.1) is 0 Å². The predicted molar refractivity (Wildman–Crippen MR) is 200 cm³/mol. The molecule has 2 aromatic heterocycles. The summed E-state index contributed by atoms with van der Waals surface area (Å²) in [5.74, 6) is 0. The second kappa shape index (κ2) is 11.4. The van der Waals surface area contributed by atoms with Gasteiger partial charge in [-0.25, -0.2) is 0 Å². The van der Waals surface area contributed by atoms with Gasteiger partial charge in [0, 0.05) is 38.4 Å². The summed E-state index contributed by atoms with van der Waals surface area (Å²) in [6.07, 6.45) is 0. The molecule has 0 aliphatic rings. The van der Waals surface area contributed by atoms with Crippen LogP contribution in [0, 0.1) is 34.0 Å². The lowest BCUT2D eigenvalue weighted by Crippen LogP contribution is -1.98. The molecule has 0 unspecified atom stereocenters. The monoisotopic (exact) mass is 635 g/mol. The van der Waals surface area contributed by atoms with Crippen LogP contribution in [0.2, 0.25) is 0 Å². The fraction of sp³-hybridized carbons (Fsp3) is 0. The van der Waals surface area contributed by atoms with Crippen LogP contribution in [-0.4, -0.2) is 9.13 Å². The lowest BCUT2D eigenvalue weighted by Gasteiger charge is -2.16. The van der Waals surface area contributed by atoms with Crippen LogP contribution in [0.3, 0.4) is 0 Å². The number of hydrogen-bond donors (Lipinski definition) is 0. The highest BCUT2D eigenvalue weighted by Crippen LogP contribution is 2.39. The second-order valence-corrected chi connectivity index (χ2v) is 12.3. The van der Waals surface area contributed by atoms with E-state index < -0.39 is 0 Å². The van der Waals surface area contributed by atoms with Crippen LogP contribution >= 0.6 is 0 Å². The summed E-state index contributed by atoms with van der Waals surface area (Å²) in [6.45, 7) is 0. The van der Waals surface area contributed by atoms with Crippen molar-refractivity contribution in [2.75, 3.05) is 0 Å². The van der Waals surface area contributed by atoms with Crippen LogP contribution in [0.25, 0.3) is 77.2 Å². The van der Waals surface area contributed by atoms with Gasteiger partial charge in [0.1, 0.15) is 6.07 Å². The van der Waals surface area contributed by atoms with Gasteiger partial charge in [0.2, 0.25) is 0 Å². The average molecular weight is 636 g/mol. The second-order valence-electron chi connectivity index (χ2n) is 12.3. The van der Waals surface area contributed by atoms with Crippen LogP contribution in [0.4, 0.5) is 0 Å². The number of aromatic nitrogens is 2. The molecule has 9 aromatic rings. The summed E-state index contributed by atoms with van der Waals surface area (Å²) < 4.78 is 4.38. The minimum Gasteiger partial charge on any atom is -0.309 e. The van der Waals surface area contributed by atoms with E-state index in [2.05, 4.69) is 100 Å². The van der Waals surface area contributed by atoms with E-state index >= 15 is 0 Å². The molecule has 0 saturated carbocycles. The molecule has 0 N–H and O–H groups in total. The van der Waals surface area contributed by atoms with Gasteiger partial charge in [-0.05, 0) is 71.8 Å². The summed E-state index contributed by atoms with van der Waals surface area (Å²) in [5, 5.41) is 34.3. The molecule has 0 radical (unpaired) electrons. The first-order valence-corrected chi connectivity index (χ1v) is 16.3. The highest BCUT2D eigenvalue weighted by atomic mass is 15.0. The minimum absolute atomic E-state index is 0.577. The number of para-hydroxylation sites is 4. The standard InChI is InChI=1S/C45H25N5/c46-26-29-16-23-44-40(24-29)38-11-3-6-15-43(38)50(44)42-14-5-1-9-36(42)35-22-19-31(25-33(35)28-48)30-17-20-34(21-18-30)49-41-13-4-2-10-37(41)39-12-7-8-32(27-47)45(39)49/h1-25H. The van der Waals surface area contributed by atoms with E-state index in [-0.39, 0.29) is 0 Å². The van der Waals surface area contributed by atoms with Crippen molar-refractivity contribution in [3.63, 3.8) is 0 Å². The molecule has 7 aromatic carbocycles. The Hall–Kier alpha value is -7.39. The van der Waals surface area contributed by atoms with E-state index in [0.717, 1.165) is 77.2 Å². The van der Waals surface area contributed by atoms with Crippen molar-refractivity contribution in [3.8, 4) is 51.8 Å². The van der Waals surface area contributed by atoms with Gasteiger partial charge in [-0.2, -0.15) is 15.8 Å². The van der Waals surface area contributed by atoms with Crippen LogP contribution < -0.4 is 0 Å². The van der Waals surface area contributed by atoms with Crippen LogP contribution in [-0.2, 0) is 0 Å². The van der Waals surface area contributed by atoms with E-state index in [9.17, 15) is 15.8 Å². The molecule has 0 spiro atoms. The normalized spacial score (nSPS) is 11.1. The zero-order valence-electron chi connectivity index (χ0n) is 26.7. The maximum atomic E-state index is 10.5. The highest BCUT2D eigenvalue weighted by molar-refractivity contribution is 6.11. The summed E-state index contributed by atoms with van der Waals surface area (Å²) in [6, 6.07) is 57.8. The molecule has 0 aliphatic carbocycles. The molecule has 5 nitrogen and oxygen atoms in total. The molecule has 0 amide bonds. The SMILES string of the molecule is N#Cc1ccc2c(c1)c1ccccc1n2-c1ccccc1-c1ccc(-c2ccc(-n3c4ccccc4c4cccc(C#N)c43)cc2)cc1C#N. The summed E-state index contributed by atoms with van der Waals surface area (Å²) in [5.41, 5.74) is 11.4. The Balaban J connectivity index is 1.15. The van der Waals surface area contributed by atoms with Crippen molar-refractivity contribution in [2.45, 2.75) is 0 Å². The van der Waals surface area contributed by atoms with Crippen molar-refractivity contribution in [3.05, 3.63) is 168 Å². The highest BCUT2D eigenvalue weighted by Gasteiger charge is 2.19. The molecule has 2 heterocycles. The number of nitriles is 3. The lowest BCUT2D eigenvalue weighted by atomic mass is 9.94. The van der Waals surface area contributed by atoms with E-state index in [0.29, 0.717) is 16.7 Å². The largest absolute Gasteiger partial charge is 0.309 e. The third kappa shape index (κ3) is 4.31. The fourth-order valence-electron chi connectivity index (χ4n) is 7.43. The first-order chi connectivity index (χ1) is 24.7. The van der Waals surface area contributed by atoms with Crippen LogP contribution in [0.5, 0.6) is 0 Å². The predicted octanol–water partition coefficient (Wildman–Crippen LogP) is 10.8. The molecule has 0 saturated heterocycles. The molecule has 50 heavy (non-hydrogen) atoms. The molecular formula is C45H25N5. The van der Waals surface area contributed by atoms with E-state index in [1.165, 1.54) is 0 Å². The Morgan fingerprint density at radius 1 is 0.400 bits per heavy atom. The Kier molecular flexibility index (Phi) is 6.56. The maximum absolute atomic E-state index is 10.5. The molecule has 230 valence electrons. The molecule has 0 fully saturated rings. The van der Waals surface area contributed by atoms with Gasteiger partial charge in [0.25, 0.3) is 0 Å². The number of rotatable bonds is 4. The van der Waals surface area contributed by atoms with Gasteiger partial charge in [0.15, 0.2) is 0 Å². The van der Waals surface area contributed by atoms with Crippen molar-refractivity contribution < 1.29 is 0 Å². The summed E-state index contributed by atoms with van der Waals surface area (Å²) >= 11 is 0. The first-order valence-electron chi connectivity index (χ1n) is 16.3. The first kappa shape index (κ1) is 28.8. The molecule has 0 bridgehead atoms. The Morgan fingerprint density at radius 3 is 1.80 bits per heavy atom. The zero-order valence-corrected chi connectivity index (χ0v) is 26.7. The topological polar surface area (TPSA) is 81.2 Å². The molecular weight excluding hydrogens is 611 g/mol. The van der Waals surface area contributed by atoms with Crippen LogP contribution in [0.15, 0.2) is 152 Å². The van der Waals surface area contributed by atoms with Crippen molar-refractivity contribution in [1.82, 2.24) is 9.13 Å². The fourth-order valence-corrected chi connectivity index (χ4v) is 7.43. The van der Waals surface area contributed by atoms with E-state index in [1.54, 1.807) is 0 Å². The quantitative estimate of drug-likeness (QED) is 0.193. The van der Waals surface area contributed by atoms with Gasteiger partial charge >= 0.3 is 0 Å². The minimum atomic E-state index is 0.577. The third-order valence-electron chi connectivity index (χ3n) is 9.65. The van der Waals surface area contributed by atoms with Gasteiger partial charge in [0.05, 0.1) is 56.6 Å². The van der Waals surface area contributed by atoms with Crippen LogP contribution in [0.1, 0.15) is 16.7 Å². The smallest absolute Gasteiger partial charge is 0.101 e. The third-order valence-corrected chi connectivity index (χ3v) is 9.65.